The minimum atomic E-state index is -0.0845. The van der Waals surface area contributed by atoms with Crippen LogP contribution in [0.25, 0.3) is 11.5 Å². The Bertz CT molecular complexity index is 1160. The van der Waals surface area contributed by atoms with Gasteiger partial charge in [-0.1, -0.05) is 29.3 Å². The largest absolute Gasteiger partial charge is 0.351 e. The molecule has 1 atom stereocenters. The van der Waals surface area contributed by atoms with E-state index in [0.29, 0.717) is 48.4 Å². The lowest BCUT2D eigenvalue weighted by Crippen LogP contribution is -2.42. The Morgan fingerprint density at radius 2 is 1.81 bits per heavy atom. The van der Waals surface area contributed by atoms with Crippen molar-refractivity contribution in [3.8, 4) is 11.5 Å². The Balaban J connectivity index is 1.26. The molecule has 1 N–H and O–H groups in total. The summed E-state index contributed by atoms with van der Waals surface area (Å²) in [5, 5.41) is 7.07. The molecule has 0 aliphatic carbocycles. The summed E-state index contributed by atoms with van der Waals surface area (Å²) in [6, 6.07) is 15.3. The summed E-state index contributed by atoms with van der Waals surface area (Å²) < 4.78 is 5.41. The number of aromatic nitrogens is 2. The van der Waals surface area contributed by atoms with Crippen LogP contribution in [-0.4, -0.2) is 71.0 Å². The first-order chi connectivity index (χ1) is 17.4. The van der Waals surface area contributed by atoms with E-state index in [0.717, 1.165) is 24.2 Å². The quantitative estimate of drug-likeness (QED) is 0.489. The number of carbonyl (C=O) groups is 2. The van der Waals surface area contributed by atoms with E-state index in [1.807, 2.05) is 43.3 Å². The highest BCUT2D eigenvalue weighted by Crippen LogP contribution is 2.19. The summed E-state index contributed by atoms with van der Waals surface area (Å²) in [6.45, 7) is 7.34. The minimum Gasteiger partial charge on any atom is -0.351 e. The third-order valence-electron chi connectivity index (χ3n) is 6.80. The summed E-state index contributed by atoms with van der Waals surface area (Å²) in [5.41, 5.74) is 3.12. The zero-order valence-corrected chi connectivity index (χ0v) is 21.4. The molecular formula is C28H35N5O3. The maximum absolute atomic E-state index is 12.6. The number of likely N-dealkylation sites (tertiary alicyclic amines) is 1. The minimum absolute atomic E-state index is 0.0435. The molecular weight excluding hydrogens is 454 g/mol. The van der Waals surface area contributed by atoms with Crippen LogP contribution in [0.5, 0.6) is 0 Å². The van der Waals surface area contributed by atoms with Crippen LogP contribution in [0.4, 0.5) is 0 Å². The summed E-state index contributed by atoms with van der Waals surface area (Å²) in [6.07, 6.45) is 4.24. The lowest BCUT2D eigenvalue weighted by molar-refractivity contribution is 0.0795. The highest BCUT2D eigenvalue weighted by Gasteiger charge is 2.18. The highest BCUT2D eigenvalue weighted by molar-refractivity contribution is 5.94. The molecule has 2 heterocycles. The van der Waals surface area contributed by atoms with Gasteiger partial charge in [0.1, 0.15) is 0 Å². The van der Waals surface area contributed by atoms with Crippen molar-refractivity contribution in [2.24, 2.45) is 0 Å². The van der Waals surface area contributed by atoms with Gasteiger partial charge in [-0.05, 0) is 69.6 Å². The number of likely N-dealkylation sites (N-methyl/N-ethyl adjacent to an activating group) is 1. The maximum atomic E-state index is 12.6. The van der Waals surface area contributed by atoms with E-state index in [9.17, 15) is 9.59 Å². The van der Waals surface area contributed by atoms with Crippen LogP contribution >= 0.6 is 0 Å². The number of hydrogen-bond donors (Lipinski definition) is 1. The molecule has 2 amide bonds. The van der Waals surface area contributed by atoms with Gasteiger partial charge in [0.25, 0.3) is 17.7 Å². The molecule has 0 saturated carbocycles. The second kappa shape index (κ2) is 11.9. The average Bonchev–Trinajstić information content (AvgIpc) is 3.37. The van der Waals surface area contributed by atoms with E-state index in [1.165, 1.54) is 19.3 Å². The van der Waals surface area contributed by atoms with E-state index in [4.69, 9.17) is 4.52 Å². The number of benzene rings is 2. The maximum Gasteiger partial charge on any atom is 0.257 e. The normalized spacial score (nSPS) is 16.0. The fourth-order valence-corrected chi connectivity index (χ4v) is 4.43. The van der Waals surface area contributed by atoms with Crippen LogP contribution in [0.1, 0.15) is 58.3 Å². The average molecular weight is 490 g/mol. The first-order valence-corrected chi connectivity index (χ1v) is 12.7. The third kappa shape index (κ3) is 6.57. The van der Waals surface area contributed by atoms with Gasteiger partial charge in [-0.2, -0.15) is 4.98 Å². The fraction of sp³-hybridized carbons (Fsp3) is 0.429. The van der Waals surface area contributed by atoms with Gasteiger partial charge in [0.15, 0.2) is 5.82 Å². The highest BCUT2D eigenvalue weighted by atomic mass is 16.5. The number of nitrogens with one attached hydrogen (secondary N) is 1. The van der Waals surface area contributed by atoms with Crippen LogP contribution < -0.4 is 5.32 Å². The van der Waals surface area contributed by atoms with Crippen molar-refractivity contribution in [2.75, 3.05) is 33.2 Å². The molecule has 8 heteroatoms. The zero-order valence-electron chi connectivity index (χ0n) is 21.4. The van der Waals surface area contributed by atoms with Gasteiger partial charge in [0.05, 0.1) is 0 Å². The van der Waals surface area contributed by atoms with Crippen molar-refractivity contribution in [1.29, 1.82) is 0 Å². The van der Waals surface area contributed by atoms with E-state index >= 15 is 0 Å². The smallest absolute Gasteiger partial charge is 0.257 e. The third-order valence-corrected chi connectivity index (χ3v) is 6.80. The number of amides is 2. The Hall–Kier alpha value is -3.52. The molecule has 1 aliphatic rings. The number of aryl methyl sites for hydroxylation is 1. The predicted octanol–water partition coefficient (Wildman–Crippen LogP) is 3.96. The monoisotopic (exact) mass is 489 g/mol. The molecule has 0 radical (unpaired) electrons. The second-order valence-corrected chi connectivity index (χ2v) is 9.57. The van der Waals surface area contributed by atoms with Crippen molar-refractivity contribution in [1.82, 2.24) is 25.3 Å². The van der Waals surface area contributed by atoms with Gasteiger partial charge < -0.3 is 14.7 Å². The van der Waals surface area contributed by atoms with Gasteiger partial charge in [0.2, 0.25) is 0 Å². The molecule has 1 saturated heterocycles. The topological polar surface area (TPSA) is 91.6 Å². The molecule has 8 nitrogen and oxygen atoms in total. The molecule has 1 aromatic heterocycles. The predicted molar refractivity (Wildman–Crippen MR) is 139 cm³/mol. The van der Waals surface area contributed by atoms with Gasteiger partial charge in [-0.3, -0.25) is 14.5 Å². The van der Waals surface area contributed by atoms with Crippen molar-refractivity contribution < 1.29 is 14.1 Å². The second-order valence-electron chi connectivity index (χ2n) is 9.57. The van der Waals surface area contributed by atoms with Crippen LogP contribution in [0.15, 0.2) is 53.1 Å². The number of piperidine rings is 1. The summed E-state index contributed by atoms with van der Waals surface area (Å²) >= 11 is 0. The first-order valence-electron chi connectivity index (χ1n) is 12.7. The van der Waals surface area contributed by atoms with Gasteiger partial charge in [0, 0.05) is 55.8 Å². The van der Waals surface area contributed by atoms with Crippen molar-refractivity contribution in [3.05, 3.63) is 71.0 Å². The first kappa shape index (κ1) is 25.6. The molecule has 190 valence electrons. The summed E-state index contributed by atoms with van der Waals surface area (Å²) in [4.78, 5) is 33.7. The van der Waals surface area contributed by atoms with Crippen molar-refractivity contribution in [3.63, 3.8) is 0 Å². The Kier molecular flexibility index (Phi) is 8.48. The Morgan fingerprint density at radius 1 is 1.08 bits per heavy atom. The van der Waals surface area contributed by atoms with Crippen LogP contribution in [0.2, 0.25) is 0 Å². The summed E-state index contributed by atoms with van der Waals surface area (Å²) in [5.74, 6) is 0.794. The van der Waals surface area contributed by atoms with Crippen LogP contribution in [0, 0.1) is 6.92 Å². The van der Waals surface area contributed by atoms with E-state index in [2.05, 4.69) is 27.3 Å². The molecule has 0 unspecified atom stereocenters. The lowest BCUT2D eigenvalue weighted by atomic mass is 10.0. The molecule has 1 aliphatic heterocycles. The standard InChI is InChI=1S/C28H35N5O3/c1-20-7-9-24(10-8-20)28(35)32(3)18-15-25-30-27(36-31-25)23-13-11-22(12-14-23)26(34)29-16-19-33-17-5-4-6-21(33)2/h7-14,21H,4-6,15-19H2,1-3H3,(H,29,34)/t21-/m0/s1. The van der Waals surface area contributed by atoms with Gasteiger partial charge in [-0.15, -0.1) is 0 Å². The molecule has 0 spiro atoms. The Morgan fingerprint density at radius 3 is 2.53 bits per heavy atom. The van der Waals surface area contributed by atoms with Gasteiger partial charge in [-0.25, -0.2) is 0 Å². The SMILES string of the molecule is Cc1ccc(C(=O)N(C)CCc2noc(-c3ccc(C(=O)NCCN4CCCC[C@@H]4C)cc3)n2)cc1. The molecule has 2 aromatic carbocycles. The van der Waals surface area contributed by atoms with E-state index < -0.39 is 0 Å². The molecule has 36 heavy (non-hydrogen) atoms. The van der Waals surface area contributed by atoms with Crippen molar-refractivity contribution in [2.45, 2.75) is 45.6 Å². The Labute approximate surface area is 212 Å². The number of rotatable bonds is 9. The molecule has 0 bridgehead atoms. The van der Waals surface area contributed by atoms with Crippen molar-refractivity contribution >= 4 is 11.8 Å². The number of carbonyl (C=O) groups excluding carboxylic acids is 2. The van der Waals surface area contributed by atoms with Gasteiger partial charge >= 0.3 is 0 Å². The fourth-order valence-electron chi connectivity index (χ4n) is 4.43. The molecule has 4 rings (SSSR count). The zero-order chi connectivity index (χ0) is 25.5. The lowest BCUT2D eigenvalue weighted by Gasteiger charge is -2.33. The van der Waals surface area contributed by atoms with E-state index in [1.54, 1.807) is 24.1 Å². The van der Waals surface area contributed by atoms with Crippen LogP contribution in [0.3, 0.4) is 0 Å². The number of hydrogen-bond acceptors (Lipinski definition) is 6. The summed E-state index contributed by atoms with van der Waals surface area (Å²) in [7, 11) is 1.76. The molecule has 1 fully saturated rings. The van der Waals surface area contributed by atoms with E-state index in [-0.39, 0.29) is 11.8 Å². The molecule has 3 aromatic rings. The van der Waals surface area contributed by atoms with Crippen LogP contribution in [-0.2, 0) is 6.42 Å². The number of nitrogens with zero attached hydrogens (tertiary/aromatic N) is 4.